The highest BCUT2D eigenvalue weighted by molar-refractivity contribution is 5.61. The van der Waals surface area contributed by atoms with Crippen LogP contribution in [0.4, 0.5) is 0 Å². The Labute approximate surface area is 95.4 Å². The first-order valence-corrected chi connectivity index (χ1v) is 6.79. The van der Waals surface area contributed by atoms with E-state index in [4.69, 9.17) is 0 Å². The highest BCUT2D eigenvalue weighted by Crippen LogP contribution is 2.24. The Morgan fingerprint density at radius 2 is 1.93 bits per heavy atom. The van der Waals surface area contributed by atoms with Gasteiger partial charge in [-0.3, -0.25) is 4.99 Å². The molecule has 1 fully saturated rings. The van der Waals surface area contributed by atoms with E-state index in [1.165, 1.54) is 44.9 Å². The molecule has 2 atom stereocenters. The van der Waals surface area contributed by atoms with Gasteiger partial charge in [0.1, 0.15) is 0 Å². The molecule has 0 N–H and O–H groups in total. The van der Waals surface area contributed by atoms with Crippen molar-refractivity contribution in [2.75, 3.05) is 0 Å². The van der Waals surface area contributed by atoms with E-state index in [-0.39, 0.29) is 0 Å². The number of aliphatic imine (C=N–C) groups is 1. The molecule has 0 aromatic heterocycles. The monoisotopic (exact) mass is 209 g/mol. The summed E-state index contributed by atoms with van der Waals surface area (Å²) >= 11 is 0. The summed E-state index contributed by atoms with van der Waals surface area (Å²) in [4.78, 5) is 4.61. The molecular formula is C14H27N. The summed E-state index contributed by atoms with van der Waals surface area (Å²) in [6, 6.07) is 0.701. The van der Waals surface area contributed by atoms with Crippen LogP contribution in [0.3, 0.4) is 0 Å². The Balaban J connectivity index is 2.14. The zero-order chi connectivity index (χ0) is 11.1. The fraction of sp³-hybridized carbons (Fsp3) is 0.929. The van der Waals surface area contributed by atoms with E-state index in [0.29, 0.717) is 6.04 Å². The normalized spacial score (nSPS) is 20.7. The summed E-state index contributed by atoms with van der Waals surface area (Å²) in [6.07, 6.45) is 11.6. The molecule has 2 unspecified atom stereocenters. The van der Waals surface area contributed by atoms with E-state index >= 15 is 0 Å². The van der Waals surface area contributed by atoms with Crippen LogP contribution in [0.1, 0.15) is 65.7 Å². The molecule has 0 bridgehead atoms. The average Bonchev–Trinajstić information content (AvgIpc) is 3.02. The molecule has 0 heterocycles. The minimum atomic E-state index is 0.701. The lowest BCUT2D eigenvalue weighted by molar-refractivity contribution is 0.436. The number of hydrogen-bond donors (Lipinski definition) is 0. The van der Waals surface area contributed by atoms with Crippen molar-refractivity contribution in [1.29, 1.82) is 0 Å². The van der Waals surface area contributed by atoms with E-state index in [0.717, 1.165) is 11.8 Å². The van der Waals surface area contributed by atoms with E-state index in [9.17, 15) is 0 Å². The molecule has 0 spiro atoms. The topological polar surface area (TPSA) is 12.4 Å². The molecule has 0 radical (unpaired) electrons. The van der Waals surface area contributed by atoms with Crippen molar-refractivity contribution in [2.24, 2.45) is 16.8 Å². The number of rotatable bonds is 8. The number of hydrogen-bond acceptors (Lipinski definition) is 1. The molecule has 0 aromatic carbocycles. The minimum absolute atomic E-state index is 0.701. The van der Waals surface area contributed by atoms with Crippen molar-refractivity contribution in [1.82, 2.24) is 0 Å². The van der Waals surface area contributed by atoms with Crippen LogP contribution in [-0.4, -0.2) is 12.3 Å². The smallest absolute Gasteiger partial charge is 0.0497 e. The van der Waals surface area contributed by atoms with E-state index < -0.39 is 0 Å². The zero-order valence-corrected chi connectivity index (χ0v) is 10.7. The molecule has 1 aliphatic rings. The third-order valence-electron chi connectivity index (χ3n) is 3.39. The summed E-state index contributed by atoms with van der Waals surface area (Å²) in [5, 5.41) is 0. The highest BCUT2D eigenvalue weighted by Gasteiger charge is 2.19. The molecule has 0 amide bonds. The maximum atomic E-state index is 4.61. The predicted molar refractivity (Wildman–Crippen MR) is 68.6 cm³/mol. The van der Waals surface area contributed by atoms with Gasteiger partial charge in [-0.2, -0.15) is 0 Å². The second-order valence-corrected chi connectivity index (χ2v) is 5.17. The Morgan fingerprint density at radius 3 is 2.47 bits per heavy atom. The molecule has 1 aliphatic carbocycles. The van der Waals surface area contributed by atoms with Gasteiger partial charge in [0.2, 0.25) is 0 Å². The van der Waals surface area contributed by atoms with E-state index in [1.54, 1.807) is 0 Å². The maximum Gasteiger partial charge on any atom is 0.0497 e. The Hall–Kier alpha value is -0.330. The largest absolute Gasteiger partial charge is 0.294 e. The second kappa shape index (κ2) is 7.03. The molecule has 15 heavy (non-hydrogen) atoms. The fourth-order valence-corrected chi connectivity index (χ4v) is 1.99. The third kappa shape index (κ3) is 5.96. The molecule has 0 saturated heterocycles. The van der Waals surface area contributed by atoms with Crippen LogP contribution in [-0.2, 0) is 0 Å². The first kappa shape index (κ1) is 12.7. The van der Waals surface area contributed by atoms with Crippen LogP contribution in [0.25, 0.3) is 0 Å². The predicted octanol–water partition coefficient (Wildman–Crippen LogP) is 4.46. The first-order valence-electron chi connectivity index (χ1n) is 6.79. The van der Waals surface area contributed by atoms with Gasteiger partial charge >= 0.3 is 0 Å². The van der Waals surface area contributed by atoms with Crippen molar-refractivity contribution in [3.8, 4) is 0 Å². The fourth-order valence-electron chi connectivity index (χ4n) is 1.99. The van der Waals surface area contributed by atoms with Gasteiger partial charge in [-0.15, -0.1) is 0 Å². The van der Waals surface area contributed by atoms with Gasteiger partial charge in [0.05, 0.1) is 0 Å². The van der Waals surface area contributed by atoms with Crippen molar-refractivity contribution in [3.05, 3.63) is 0 Å². The van der Waals surface area contributed by atoms with Gasteiger partial charge in [-0.25, -0.2) is 0 Å². The van der Waals surface area contributed by atoms with Gasteiger partial charge in [-0.05, 0) is 37.5 Å². The van der Waals surface area contributed by atoms with Crippen molar-refractivity contribution in [2.45, 2.75) is 71.8 Å². The Bertz CT molecular complexity index is 182. The lowest BCUT2D eigenvalue weighted by Crippen LogP contribution is -2.04. The molecule has 1 nitrogen and oxygen atoms in total. The van der Waals surface area contributed by atoms with Gasteiger partial charge in [0.25, 0.3) is 0 Å². The SMILES string of the molecule is CCCC(C)CCC(C=NC1CC1)CC. The third-order valence-corrected chi connectivity index (χ3v) is 3.39. The highest BCUT2D eigenvalue weighted by atomic mass is 14.8. The van der Waals surface area contributed by atoms with Gasteiger partial charge in [-0.1, -0.05) is 40.0 Å². The molecular weight excluding hydrogens is 182 g/mol. The van der Waals surface area contributed by atoms with Crippen molar-refractivity contribution in [3.63, 3.8) is 0 Å². The van der Waals surface area contributed by atoms with Crippen molar-refractivity contribution < 1.29 is 0 Å². The average molecular weight is 209 g/mol. The van der Waals surface area contributed by atoms with Crippen LogP contribution < -0.4 is 0 Å². The Morgan fingerprint density at radius 1 is 1.20 bits per heavy atom. The standard InChI is InChI=1S/C14H27N/c1-4-6-12(3)7-8-13(5-2)11-15-14-9-10-14/h11-14H,4-10H2,1-3H3. The molecule has 0 aliphatic heterocycles. The minimum Gasteiger partial charge on any atom is -0.294 e. The van der Waals surface area contributed by atoms with Crippen LogP contribution >= 0.6 is 0 Å². The Kier molecular flexibility index (Phi) is 5.97. The summed E-state index contributed by atoms with van der Waals surface area (Å²) in [5.41, 5.74) is 0. The second-order valence-electron chi connectivity index (χ2n) is 5.17. The van der Waals surface area contributed by atoms with E-state index in [2.05, 4.69) is 32.0 Å². The van der Waals surface area contributed by atoms with Crippen LogP contribution in [0.5, 0.6) is 0 Å². The molecule has 88 valence electrons. The zero-order valence-electron chi connectivity index (χ0n) is 10.7. The van der Waals surface area contributed by atoms with E-state index in [1.807, 2.05) is 0 Å². The van der Waals surface area contributed by atoms with Crippen LogP contribution in [0.15, 0.2) is 4.99 Å². The van der Waals surface area contributed by atoms with Gasteiger partial charge < -0.3 is 0 Å². The molecule has 1 rings (SSSR count). The van der Waals surface area contributed by atoms with Gasteiger partial charge in [0.15, 0.2) is 0 Å². The maximum absolute atomic E-state index is 4.61. The molecule has 0 aromatic rings. The van der Waals surface area contributed by atoms with Crippen molar-refractivity contribution >= 4 is 6.21 Å². The lowest BCUT2D eigenvalue weighted by Gasteiger charge is -2.13. The summed E-state index contributed by atoms with van der Waals surface area (Å²) in [6.45, 7) is 6.95. The van der Waals surface area contributed by atoms with Crippen LogP contribution in [0.2, 0.25) is 0 Å². The summed E-state index contributed by atoms with van der Waals surface area (Å²) in [7, 11) is 0. The summed E-state index contributed by atoms with van der Waals surface area (Å²) in [5.74, 6) is 1.64. The first-order chi connectivity index (χ1) is 7.26. The van der Waals surface area contributed by atoms with Crippen LogP contribution in [0, 0.1) is 11.8 Å². The number of nitrogens with zero attached hydrogens (tertiary/aromatic N) is 1. The summed E-state index contributed by atoms with van der Waals surface area (Å²) < 4.78 is 0. The molecule has 1 saturated carbocycles. The lowest BCUT2D eigenvalue weighted by atomic mass is 9.93. The van der Waals surface area contributed by atoms with Gasteiger partial charge in [0, 0.05) is 12.3 Å². The quantitative estimate of drug-likeness (QED) is 0.523. The molecule has 1 heteroatoms.